The van der Waals surface area contributed by atoms with Gasteiger partial charge in [0.1, 0.15) is 13.2 Å². The molecule has 512 valence electrons. The van der Waals surface area contributed by atoms with Crippen LogP contribution in [0.15, 0.2) is 146 Å². The number of carbonyl (C=O) groups excluding carboxylic acids is 3. The Balaban J connectivity index is 4.23. The van der Waals surface area contributed by atoms with Crippen molar-refractivity contribution in [2.75, 3.05) is 47.5 Å². The number of carboxylic acids is 1. The van der Waals surface area contributed by atoms with Gasteiger partial charge in [0.05, 0.1) is 40.3 Å². The molecule has 0 aromatic carbocycles. The molecule has 0 aromatic heterocycles. The van der Waals surface area contributed by atoms with Crippen LogP contribution in [0.4, 0.5) is 0 Å². The van der Waals surface area contributed by atoms with Crippen LogP contribution >= 0.6 is 0 Å². The molecule has 0 aromatic rings. The zero-order chi connectivity index (χ0) is 65.4. The average molecular weight is 1250 g/mol. The van der Waals surface area contributed by atoms with Gasteiger partial charge < -0.3 is 33.3 Å². The van der Waals surface area contributed by atoms with Crippen molar-refractivity contribution in [2.45, 2.75) is 302 Å². The van der Waals surface area contributed by atoms with Gasteiger partial charge in [-0.2, -0.15) is 0 Å². The number of ether oxygens (including phenoxy) is 4. The van der Waals surface area contributed by atoms with Crippen LogP contribution in [0.2, 0.25) is 0 Å². The van der Waals surface area contributed by atoms with E-state index in [1.807, 2.05) is 21.1 Å². The lowest BCUT2D eigenvalue weighted by Gasteiger charge is -2.26. The average Bonchev–Trinajstić information content (AvgIpc) is 3.65. The first-order valence-corrected chi connectivity index (χ1v) is 36.5. The molecule has 0 rings (SSSR count). The Morgan fingerprint density at radius 1 is 0.344 bits per heavy atom. The van der Waals surface area contributed by atoms with Gasteiger partial charge in [0.2, 0.25) is 0 Å². The third-order valence-electron chi connectivity index (χ3n) is 15.4. The number of nitrogens with zero attached hydrogens (tertiary/aromatic N) is 1. The molecule has 0 bridgehead atoms. The van der Waals surface area contributed by atoms with Gasteiger partial charge in [-0.1, -0.05) is 320 Å². The normalized spacial score (nSPS) is 13.6. The van der Waals surface area contributed by atoms with Gasteiger partial charge in [0.15, 0.2) is 12.4 Å². The number of carboxylic acid groups (broad SMARTS) is 1. The molecule has 0 N–H and O–H groups in total. The Labute approximate surface area is 553 Å². The Morgan fingerprint density at radius 3 is 0.944 bits per heavy atom. The molecule has 90 heavy (non-hydrogen) atoms. The molecule has 0 heterocycles. The fourth-order valence-electron chi connectivity index (χ4n) is 9.81. The van der Waals surface area contributed by atoms with E-state index in [1.165, 1.54) is 148 Å². The Morgan fingerprint density at radius 2 is 0.633 bits per heavy atom. The van der Waals surface area contributed by atoms with E-state index in [2.05, 4.69) is 160 Å². The van der Waals surface area contributed by atoms with Crippen LogP contribution < -0.4 is 5.11 Å². The summed E-state index contributed by atoms with van der Waals surface area (Å²) >= 11 is 0. The summed E-state index contributed by atoms with van der Waals surface area (Å²) in [6.45, 7) is 4.60. The molecule has 0 spiro atoms. The van der Waals surface area contributed by atoms with E-state index >= 15 is 0 Å². The third-order valence-corrected chi connectivity index (χ3v) is 15.4. The van der Waals surface area contributed by atoms with E-state index < -0.39 is 24.3 Å². The SMILES string of the molecule is CC/C=C\C/C=C\C/C=C\C/C=C\C/C=C\C/C=C\C/C=C\C/C=C\C/C=C\C/C=C\C/C=C\C/C=C\CCCCC(=O)OC(COC(=O)CCCCCCCCCCCCCCCCCCCCCCCCCCCC)COC(OCC[N+](C)(C)C)C(=O)[O-]. The summed E-state index contributed by atoms with van der Waals surface area (Å²) < 4.78 is 22.7. The molecule has 0 aliphatic rings. The van der Waals surface area contributed by atoms with E-state index in [9.17, 15) is 19.5 Å². The summed E-state index contributed by atoms with van der Waals surface area (Å²) in [5.41, 5.74) is 0. The van der Waals surface area contributed by atoms with Crippen molar-refractivity contribution in [1.29, 1.82) is 0 Å². The molecular formula is C81H135NO8. The molecule has 2 atom stereocenters. The maximum Gasteiger partial charge on any atom is 0.306 e. The van der Waals surface area contributed by atoms with Crippen LogP contribution in [-0.2, 0) is 33.3 Å². The maximum absolute atomic E-state index is 12.9. The van der Waals surface area contributed by atoms with E-state index in [0.29, 0.717) is 17.4 Å². The predicted molar refractivity (Wildman–Crippen MR) is 384 cm³/mol. The van der Waals surface area contributed by atoms with Crippen molar-refractivity contribution in [1.82, 2.24) is 0 Å². The van der Waals surface area contributed by atoms with E-state index in [1.54, 1.807) is 0 Å². The molecule has 0 aliphatic carbocycles. The predicted octanol–water partition coefficient (Wildman–Crippen LogP) is 21.7. The Hall–Kier alpha value is -4.83. The number of aliphatic carboxylic acids is 1. The number of likely N-dealkylation sites (N-methyl/N-ethyl adjacent to an activating group) is 1. The summed E-state index contributed by atoms with van der Waals surface area (Å²) in [6.07, 6.45) is 99.4. The van der Waals surface area contributed by atoms with E-state index in [4.69, 9.17) is 18.9 Å². The highest BCUT2D eigenvalue weighted by Gasteiger charge is 2.22. The highest BCUT2D eigenvalue weighted by Crippen LogP contribution is 2.17. The first-order valence-electron chi connectivity index (χ1n) is 36.5. The van der Waals surface area contributed by atoms with E-state index in [-0.39, 0.29) is 38.6 Å². The van der Waals surface area contributed by atoms with Gasteiger partial charge in [-0.25, -0.2) is 0 Å². The van der Waals surface area contributed by atoms with E-state index in [0.717, 1.165) is 109 Å². The highest BCUT2D eigenvalue weighted by molar-refractivity contribution is 5.70. The molecule has 0 aliphatic heterocycles. The molecule has 0 saturated carbocycles. The summed E-state index contributed by atoms with van der Waals surface area (Å²) in [5.74, 6) is -2.35. The number of allylic oxidation sites excluding steroid dienone is 24. The van der Waals surface area contributed by atoms with Crippen molar-refractivity contribution in [3.8, 4) is 0 Å². The van der Waals surface area contributed by atoms with Gasteiger partial charge in [-0.3, -0.25) is 9.59 Å². The van der Waals surface area contributed by atoms with Crippen LogP contribution in [0.25, 0.3) is 0 Å². The third kappa shape index (κ3) is 70.6. The molecule has 9 nitrogen and oxygen atoms in total. The smallest absolute Gasteiger partial charge is 0.306 e. The topological polar surface area (TPSA) is 111 Å². The number of carbonyl (C=O) groups is 3. The molecule has 9 heteroatoms. The molecular weight excluding hydrogens is 1110 g/mol. The van der Waals surface area contributed by atoms with Crippen LogP contribution in [0.3, 0.4) is 0 Å². The molecule has 0 fully saturated rings. The maximum atomic E-state index is 12.9. The second kappa shape index (κ2) is 70.0. The lowest BCUT2D eigenvalue weighted by Crippen LogP contribution is -2.44. The lowest BCUT2D eigenvalue weighted by atomic mass is 10.0. The Kier molecular flexibility index (Phi) is 66.3. The minimum absolute atomic E-state index is 0.133. The highest BCUT2D eigenvalue weighted by atomic mass is 16.7. The standard InChI is InChI=1S/C81H135NO8/c1-6-8-10-12-14-16-18-20-22-24-26-28-30-32-34-35-36-37-38-39-40-41-42-43-44-45-46-48-50-52-54-56-58-60-62-64-66-68-70-72-79(84)90-77(76-89-81(80(85)86)87-74-73-82(3,4)5)75-88-78(83)71-69-67-65-63-61-59-57-55-53-51-49-47-33-31-29-27-25-23-21-19-17-15-13-11-9-7-2/h8,10,14,16,20,22,26,28,32,34,36-37,39-40,42-43,45-46,50,52,56,58,62,64,77,81H,6-7,9,11-13,15,17-19,21,23-25,27,29-31,33,35,38,41,44,47-49,51,53-55,57,59-61,63,65-76H2,1-5H3/b10-8-,16-14-,22-20-,28-26-,34-32-,37-36-,40-39-,43-42-,46-45-,52-50-,58-56-,64-62-. The van der Waals surface area contributed by atoms with Crippen LogP contribution in [0, 0.1) is 0 Å². The number of hydrogen-bond donors (Lipinski definition) is 0. The van der Waals surface area contributed by atoms with Gasteiger partial charge >= 0.3 is 11.9 Å². The number of quaternary nitrogens is 1. The van der Waals surface area contributed by atoms with Gasteiger partial charge in [-0.15, -0.1) is 0 Å². The van der Waals surface area contributed by atoms with Crippen molar-refractivity contribution in [3.05, 3.63) is 146 Å². The Bertz CT molecular complexity index is 1990. The first kappa shape index (κ1) is 85.2. The van der Waals surface area contributed by atoms with Crippen molar-refractivity contribution in [3.63, 3.8) is 0 Å². The minimum atomic E-state index is -1.64. The summed E-state index contributed by atoms with van der Waals surface area (Å²) in [6, 6.07) is 0. The molecule has 0 radical (unpaired) electrons. The minimum Gasteiger partial charge on any atom is -0.545 e. The van der Waals surface area contributed by atoms with Crippen LogP contribution in [0.1, 0.15) is 290 Å². The lowest BCUT2D eigenvalue weighted by molar-refractivity contribution is -0.870. The van der Waals surface area contributed by atoms with Crippen molar-refractivity contribution >= 4 is 17.9 Å². The second-order valence-corrected chi connectivity index (χ2v) is 25.2. The first-order chi connectivity index (χ1) is 44.1. The van der Waals surface area contributed by atoms with Gasteiger partial charge in [-0.05, 0) is 103 Å². The number of rotatable bonds is 66. The molecule has 0 amide bonds. The summed E-state index contributed by atoms with van der Waals surface area (Å²) in [7, 11) is 5.91. The zero-order valence-electron chi connectivity index (χ0n) is 58.5. The second-order valence-electron chi connectivity index (χ2n) is 25.2. The van der Waals surface area contributed by atoms with Crippen molar-refractivity contribution in [2.24, 2.45) is 0 Å². The number of unbranched alkanes of at least 4 members (excludes halogenated alkanes) is 27. The summed E-state index contributed by atoms with van der Waals surface area (Å²) in [5, 5.41) is 11.8. The van der Waals surface area contributed by atoms with Crippen LogP contribution in [-0.4, -0.2) is 82.3 Å². The fourth-order valence-corrected chi connectivity index (χ4v) is 9.81. The molecule has 0 saturated heterocycles. The monoisotopic (exact) mass is 1250 g/mol. The fraction of sp³-hybridized carbons (Fsp3) is 0.667. The van der Waals surface area contributed by atoms with Crippen molar-refractivity contribution < 1.29 is 42.9 Å². The van der Waals surface area contributed by atoms with Gasteiger partial charge in [0, 0.05) is 12.8 Å². The van der Waals surface area contributed by atoms with Crippen LogP contribution in [0.5, 0.6) is 0 Å². The molecule has 2 unspecified atom stereocenters. The summed E-state index contributed by atoms with van der Waals surface area (Å²) in [4.78, 5) is 37.5. The zero-order valence-corrected chi connectivity index (χ0v) is 58.5. The number of esters is 2. The quantitative estimate of drug-likeness (QED) is 0.0195. The number of hydrogen-bond acceptors (Lipinski definition) is 8. The van der Waals surface area contributed by atoms with Gasteiger partial charge in [0.25, 0.3) is 0 Å². The largest absolute Gasteiger partial charge is 0.545 e.